The Morgan fingerprint density at radius 1 is 1.07 bits per heavy atom. The molecule has 28 heavy (non-hydrogen) atoms. The number of aromatic nitrogens is 2. The summed E-state index contributed by atoms with van der Waals surface area (Å²) in [6.45, 7) is 4.50. The van der Waals surface area contributed by atoms with Gasteiger partial charge in [-0.25, -0.2) is 0 Å². The van der Waals surface area contributed by atoms with Gasteiger partial charge in [0.2, 0.25) is 17.6 Å². The third-order valence-corrected chi connectivity index (χ3v) is 4.35. The van der Waals surface area contributed by atoms with Crippen molar-refractivity contribution in [3.63, 3.8) is 0 Å². The van der Waals surface area contributed by atoms with Crippen molar-refractivity contribution in [1.82, 2.24) is 15.5 Å². The number of nitrogens with one attached hydrogen (secondary N) is 1. The summed E-state index contributed by atoms with van der Waals surface area (Å²) in [7, 11) is 0. The minimum atomic E-state index is -0.342. The minimum absolute atomic E-state index is 0. The van der Waals surface area contributed by atoms with Crippen LogP contribution in [0.25, 0.3) is 11.4 Å². The molecule has 1 heterocycles. The van der Waals surface area contributed by atoms with Crippen molar-refractivity contribution in [3.05, 3.63) is 71.6 Å². The van der Waals surface area contributed by atoms with Gasteiger partial charge in [0.25, 0.3) is 0 Å². The number of benzene rings is 2. The van der Waals surface area contributed by atoms with Gasteiger partial charge >= 0.3 is 0 Å². The Bertz CT molecular complexity index is 879. The molecule has 2 aromatic carbocycles. The quantitative estimate of drug-likeness (QED) is 0.631. The van der Waals surface area contributed by atoms with Crippen LogP contribution in [-0.2, 0) is 17.8 Å². The smallest absolute Gasteiger partial charge is 0.249 e. The second kappa shape index (κ2) is 10.0. The predicted molar refractivity (Wildman–Crippen MR) is 111 cm³/mol. The standard InChI is InChI=1S/C21H24N4O2.ClH/c1-14(2)19(23-18(26)12-15-6-4-3-5-7-15)21-24-20(25-27-21)17-10-8-16(13-22)9-11-17;/h3-11,14,19H,12-13,22H2,1-2H3,(H,23,26);1H. The van der Waals surface area contributed by atoms with Crippen LogP contribution in [0, 0.1) is 5.92 Å². The van der Waals surface area contributed by atoms with Crippen molar-refractivity contribution in [3.8, 4) is 11.4 Å². The Hall–Kier alpha value is -2.70. The lowest BCUT2D eigenvalue weighted by atomic mass is 10.0. The second-order valence-electron chi connectivity index (χ2n) is 6.81. The van der Waals surface area contributed by atoms with Gasteiger partial charge < -0.3 is 15.6 Å². The van der Waals surface area contributed by atoms with E-state index in [4.69, 9.17) is 10.3 Å². The summed E-state index contributed by atoms with van der Waals surface area (Å²) in [5.74, 6) is 0.936. The van der Waals surface area contributed by atoms with Gasteiger partial charge in [0.05, 0.1) is 6.42 Å². The number of nitrogens with zero attached hydrogens (tertiary/aromatic N) is 2. The van der Waals surface area contributed by atoms with Crippen LogP contribution in [0.3, 0.4) is 0 Å². The molecule has 3 N–H and O–H groups in total. The molecule has 0 fully saturated rings. The van der Waals surface area contributed by atoms with E-state index in [1.807, 2.05) is 68.4 Å². The molecule has 0 bridgehead atoms. The highest BCUT2D eigenvalue weighted by Gasteiger charge is 2.24. The Morgan fingerprint density at radius 3 is 2.36 bits per heavy atom. The number of amides is 1. The van der Waals surface area contributed by atoms with Crippen LogP contribution < -0.4 is 11.1 Å². The molecule has 6 nitrogen and oxygen atoms in total. The van der Waals surface area contributed by atoms with Gasteiger partial charge in [0.15, 0.2) is 0 Å². The number of carbonyl (C=O) groups excluding carboxylic acids is 1. The van der Waals surface area contributed by atoms with Crippen molar-refractivity contribution in [2.24, 2.45) is 11.7 Å². The van der Waals surface area contributed by atoms with E-state index < -0.39 is 0 Å². The molecule has 3 aromatic rings. The van der Waals surface area contributed by atoms with Crippen LogP contribution in [0.2, 0.25) is 0 Å². The molecule has 0 aliphatic rings. The van der Waals surface area contributed by atoms with Gasteiger partial charge in [-0.1, -0.05) is 73.6 Å². The van der Waals surface area contributed by atoms with Gasteiger partial charge in [-0.3, -0.25) is 4.79 Å². The van der Waals surface area contributed by atoms with E-state index in [0.717, 1.165) is 16.7 Å². The van der Waals surface area contributed by atoms with Crippen molar-refractivity contribution in [1.29, 1.82) is 0 Å². The molecule has 1 atom stereocenters. The van der Waals surface area contributed by atoms with Crippen molar-refractivity contribution < 1.29 is 9.32 Å². The highest BCUT2D eigenvalue weighted by molar-refractivity contribution is 5.85. The van der Waals surface area contributed by atoms with E-state index in [9.17, 15) is 4.79 Å². The monoisotopic (exact) mass is 400 g/mol. The Morgan fingerprint density at radius 2 is 1.75 bits per heavy atom. The van der Waals surface area contributed by atoms with Gasteiger partial charge in [-0.2, -0.15) is 4.98 Å². The van der Waals surface area contributed by atoms with Gasteiger partial charge in [-0.15, -0.1) is 12.4 Å². The highest BCUT2D eigenvalue weighted by atomic mass is 35.5. The zero-order chi connectivity index (χ0) is 19.2. The molecule has 148 valence electrons. The van der Waals surface area contributed by atoms with E-state index in [2.05, 4.69) is 15.5 Å². The number of carbonyl (C=O) groups is 1. The topological polar surface area (TPSA) is 94.0 Å². The molecule has 0 radical (unpaired) electrons. The molecule has 1 amide bonds. The van der Waals surface area contributed by atoms with E-state index in [1.165, 1.54) is 0 Å². The summed E-state index contributed by atoms with van der Waals surface area (Å²) in [4.78, 5) is 16.9. The van der Waals surface area contributed by atoms with E-state index in [0.29, 0.717) is 24.7 Å². The first-order chi connectivity index (χ1) is 13.1. The molecule has 3 rings (SSSR count). The lowest BCUT2D eigenvalue weighted by molar-refractivity contribution is -0.121. The molecule has 0 aliphatic carbocycles. The van der Waals surface area contributed by atoms with Crippen LogP contribution in [0.1, 0.15) is 36.9 Å². The van der Waals surface area contributed by atoms with E-state index in [-0.39, 0.29) is 30.3 Å². The van der Waals surface area contributed by atoms with Crippen LogP contribution in [-0.4, -0.2) is 16.0 Å². The molecule has 1 unspecified atom stereocenters. The predicted octanol–water partition coefficient (Wildman–Crippen LogP) is 3.67. The molecule has 1 aromatic heterocycles. The summed E-state index contributed by atoms with van der Waals surface area (Å²) in [5, 5.41) is 7.08. The molecule has 0 saturated carbocycles. The Labute approximate surface area is 170 Å². The fourth-order valence-electron chi connectivity index (χ4n) is 2.79. The number of hydrogen-bond donors (Lipinski definition) is 2. The van der Waals surface area contributed by atoms with Crippen molar-refractivity contribution in [2.75, 3.05) is 0 Å². The van der Waals surface area contributed by atoms with E-state index >= 15 is 0 Å². The molecular weight excluding hydrogens is 376 g/mol. The maximum absolute atomic E-state index is 12.4. The first-order valence-electron chi connectivity index (χ1n) is 9.03. The average Bonchev–Trinajstić information content (AvgIpc) is 3.16. The lowest BCUT2D eigenvalue weighted by Crippen LogP contribution is -2.33. The first kappa shape index (κ1) is 21.6. The maximum Gasteiger partial charge on any atom is 0.249 e. The third-order valence-electron chi connectivity index (χ3n) is 4.35. The summed E-state index contributed by atoms with van der Waals surface area (Å²) in [5.41, 5.74) is 8.47. The Kier molecular flexibility index (Phi) is 7.72. The van der Waals surface area contributed by atoms with Crippen LogP contribution >= 0.6 is 12.4 Å². The molecule has 0 saturated heterocycles. The Balaban J connectivity index is 0.00000280. The minimum Gasteiger partial charge on any atom is -0.344 e. The zero-order valence-electron chi connectivity index (χ0n) is 16.0. The number of nitrogens with two attached hydrogens (primary N) is 1. The average molecular weight is 401 g/mol. The zero-order valence-corrected chi connectivity index (χ0v) is 16.8. The second-order valence-corrected chi connectivity index (χ2v) is 6.81. The number of hydrogen-bond acceptors (Lipinski definition) is 5. The number of rotatable bonds is 7. The normalized spacial score (nSPS) is 11.7. The van der Waals surface area contributed by atoms with Crippen LogP contribution in [0.4, 0.5) is 0 Å². The summed E-state index contributed by atoms with van der Waals surface area (Å²) < 4.78 is 5.45. The maximum atomic E-state index is 12.4. The third kappa shape index (κ3) is 5.41. The highest BCUT2D eigenvalue weighted by Crippen LogP contribution is 2.24. The summed E-state index contributed by atoms with van der Waals surface area (Å²) >= 11 is 0. The summed E-state index contributed by atoms with van der Waals surface area (Å²) in [6.07, 6.45) is 0.311. The lowest BCUT2D eigenvalue weighted by Gasteiger charge is -2.18. The molecule has 0 aliphatic heterocycles. The van der Waals surface area contributed by atoms with Gasteiger partial charge in [-0.05, 0) is 17.0 Å². The SMILES string of the molecule is CC(C)C(NC(=O)Cc1ccccc1)c1nc(-c2ccc(CN)cc2)no1.Cl. The largest absolute Gasteiger partial charge is 0.344 e. The fourth-order valence-corrected chi connectivity index (χ4v) is 2.79. The number of halogens is 1. The van der Waals surface area contributed by atoms with Gasteiger partial charge in [0, 0.05) is 12.1 Å². The van der Waals surface area contributed by atoms with E-state index in [1.54, 1.807) is 0 Å². The van der Waals surface area contributed by atoms with Crippen LogP contribution in [0.5, 0.6) is 0 Å². The molecule has 0 spiro atoms. The first-order valence-corrected chi connectivity index (χ1v) is 9.03. The van der Waals surface area contributed by atoms with Crippen LogP contribution in [0.15, 0.2) is 59.1 Å². The molecule has 7 heteroatoms. The molecular formula is C21H25ClN4O2. The van der Waals surface area contributed by atoms with Gasteiger partial charge in [0.1, 0.15) is 6.04 Å². The fraction of sp³-hybridized carbons (Fsp3) is 0.286. The van der Waals surface area contributed by atoms with Crippen molar-refractivity contribution in [2.45, 2.75) is 32.9 Å². The summed E-state index contributed by atoms with van der Waals surface area (Å²) in [6, 6.07) is 17.0. The van der Waals surface area contributed by atoms with Crippen molar-refractivity contribution >= 4 is 18.3 Å².